The van der Waals surface area contributed by atoms with Gasteiger partial charge in [0, 0.05) is 17.7 Å². The Morgan fingerprint density at radius 1 is 0.659 bits per heavy atom. The van der Waals surface area contributed by atoms with Gasteiger partial charge in [-0.3, -0.25) is 0 Å². The number of ether oxygens (including phenoxy) is 2. The summed E-state index contributed by atoms with van der Waals surface area (Å²) in [5.74, 6) is -10.7. The van der Waals surface area contributed by atoms with E-state index in [0.29, 0.717) is 23.3 Å². The first-order chi connectivity index (χ1) is 20.2. The Labute approximate surface area is 246 Å². The summed E-state index contributed by atoms with van der Waals surface area (Å²) in [5, 5.41) is 0. The molecule has 0 radical (unpaired) electrons. The number of alkyl halides is 5. The standard InChI is InChI=1S/C31H20F10O2.CH4/c1-2-3-17-4-6-18(7-5-17)19-8-9-22(23(32)12-19)20-13-24(33)28(25(34)14-20)31(40,41)43-21-15-26(35)29(27(36)16-21)42-11-10-30(37,38)39;/h4-16H,2-3H2,1H3;1H4/b11-10-;. The van der Waals surface area contributed by atoms with Gasteiger partial charge in [0.05, 0.1) is 12.3 Å². The first kappa shape index (κ1) is 34.0. The van der Waals surface area contributed by atoms with Crippen molar-refractivity contribution in [1.82, 2.24) is 0 Å². The molecule has 0 amide bonds. The van der Waals surface area contributed by atoms with Crippen LogP contribution in [0.2, 0.25) is 0 Å². The summed E-state index contributed by atoms with van der Waals surface area (Å²) in [6.45, 7) is 2.03. The lowest BCUT2D eigenvalue weighted by atomic mass is 9.97. The molecule has 0 atom stereocenters. The van der Waals surface area contributed by atoms with Crippen LogP contribution in [0.5, 0.6) is 11.5 Å². The van der Waals surface area contributed by atoms with Crippen LogP contribution < -0.4 is 9.47 Å². The van der Waals surface area contributed by atoms with Gasteiger partial charge in [0.2, 0.25) is 0 Å². The maximum atomic E-state index is 15.0. The molecular formula is C32H24F10O2. The van der Waals surface area contributed by atoms with Gasteiger partial charge >= 0.3 is 12.3 Å². The SMILES string of the molecule is C.CCCc1ccc(-c2ccc(-c3cc(F)c(C(F)(F)Oc4cc(F)c(O/C=C\C(F)(F)F)c(F)c4)c(F)c3)c(F)c2)cc1. The maximum Gasteiger partial charge on any atom is 0.432 e. The Morgan fingerprint density at radius 3 is 1.73 bits per heavy atom. The van der Waals surface area contributed by atoms with E-state index in [2.05, 4.69) is 9.47 Å². The first-order valence-electron chi connectivity index (χ1n) is 12.5. The van der Waals surface area contributed by atoms with E-state index in [1.165, 1.54) is 12.1 Å². The van der Waals surface area contributed by atoms with Crippen LogP contribution in [0.25, 0.3) is 22.3 Å². The largest absolute Gasteiger partial charge is 0.459 e. The minimum Gasteiger partial charge on any atom is -0.459 e. The highest BCUT2D eigenvalue weighted by atomic mass is 19.4. The molecule has 0 fully saturated rings. The molecule has 0 aliphatic rings. The predicted octanol–water partition coefficient (Wildman–Crippen LogP) is 10.9. The molecule has 0 aliphatic heterocycles. The van der Waals surface area contributed by atoms with E-state index < -0.39 is 70.1 Å². The molecule has 0 aliphatic carbocycles. The van der Waals surface area contributed by atoms with Crippen molar-refractivity contribution in [3.63, 3.8) is 0 Å². The van der Waals surface area contributed by atoms with Crippen molar-refractivity contribution in [1.29, 1.82) is 0 Å². The highest BCUT2D eigenvalue weighted by Crippen LogP contribution is 2.39. The van der Waals surface area contributed by atoms with E-state index in [-0.39, 0.29) is 31.4 Å². The van der Waals surface area contributed by atoms with Crippen LogP contribution in [0, 0.1) is 29.1 Å². The van der Waals surface area contributed by atoms with Crippen molar-refractivity contribution in [2.24, 2.45) is 0 Å². The molecule has 44 heavy (non-hydrogen) atoms. The molecule has 0 aromatic heterocycles. The molecule has 0 saturated carbocycles. The Balaban J connectivity index is 0.00000529. The fraction of sp³-hybridized carbons (Fsp3) is 0.188. The number of halogens is 10. The second-order valence-corrected chi connectivity index (χ2v) is 9.25. The Kier molecular flexibility index (Phi) is 10.4. The fourth-order valence-corrected chi connectivity index (χ4v) is 4.17. The zero-order valence-corrected chi connectivity index (χ0v) is 22.0. The van der Waals surface area contributed by atoms with Gasteiger partial charge in [-0.15, -0.1) is 0 Å². The zero-order chi connectivity index (χ0) is 31.5. The average molecular weight is 631 g/mol. The fourth-order valence-electron chi connectivity index (χ4n) is 4.17. The van der Waals surface area contributed by atoms with Crippen LogP contribution >= 0.6 is 0 Å². The Morgan fingerprint density at radius 2 is 1.20 bits per heavy atom. The molecule has 0 N–H and O–H groups in total. The van der Waals surface area contributed by atoms with E-state index >= 15 is 0 Å². The Bertz CT molecular complexity index is 1600. The molecule has 0 saturated heterocycles. The second kappa shape index (κ2) is 13.4. The van der Waals surface area contributed by atoms with Crippen molar-refractivity contribution in [3.05, 3.63) is 119 Å². The van der Waals surface area contributed by atoms with Gasteiger partial charge in [-0.05, 0) is 46.9 Å². The highest BCUT2D eigenvalue weighted by molar-refractivity contribution is 5.71. The van der Waals surface area contributed by atoms with Crippen LogP contribution in [0.3, 0.4) is 0 Å². The van der Waals surface area contributed by atoms with Crippen molar-refractivity contribution in [2.45, 2.75) is 39.5 Å². The quantitative estimate of drug-likeness (QED) is 0.135. The van der Waals surface area contributed by atoms with Gasteiger partial charge in [-0.2, -0.15) is 22.0 Å². The van der Waals surface area contributed by atoms with Gasteiger partial charge < -0.3 is 9.47 Å². The number of hydrogen-bond donors (Lipinski definition) is 0. The third kappa shape index (κ3) is 7.91. The smallest absolute Gasteiger partial charge is 0.432 e. The number of allylic oxidation sites excluding steroid dienone is 1. The summed E-state index contributed by atoms with van der Waals surface area (Å²) in [4.78, 5) is 0. The summed E-state index contributed by atoms with van der Waals surface area (Å²) in [6, 6.07) is 12.3. The van der Waals surface area contributed by atoms with Crippen molar-refractivity contribution in [2.75, 3.05) is 0 Å². The van der Waals surface area contributed by atoms with Gasteiger partial charge in [-0.25, -0.2) is 22.0 Å². The van der Waals surface area contributed by atoms with E-state index in [0.717, 1.165) is 24.5 Å². The lowest BCUT2D eigenvalue weighted by molar-refractivity contribution is -0.189. The summed E-state index contributed by atoms with van der Waals surface area (Å²) >= 11 is 0. The molecule has 4 aromatic carbocycles. The number of aryl methyl sites for hydroxylation is 1. The van der Waals surface area contributed by atoms with E-state index in [4.69, 9.17) is 0 Å². The minimum absolute atomic E-state index is 0. The third-order valence-electron chi connectivity index (χ3n) is 6.10. The summed E-state index contributed by atoms with van der Waals surface area (Å²) in [5.41, 5.74) is -0.404. The van der Waals surface area contributed by atoms with E-state index in [1.54, 1.807) is 12.1 Å². The molecule has 234 valence electrons. The highest BCUT2D eigenvalue weighted by Gasteiger charge is 2.41. The van der Waals surface area contributed by atoms with Gasteiger partial charge in [0.15, 0.2) is 17.4 Å². The molecule has 0 unspecified atom stereocenters. The average Bonchev–Trinajstić information content (AvgIpc) is 2.89. The topological polar surface area (TPSA) is 18.5 Å². The van der Waals surface area contributed by atoms with E-state index in [1.807, 2.05) is 19.1 Å². The number of rotatable bonds is 9. The molecule has 0 bridgehead atoms. The lowest BCUT2D eigenvalue weighted by Gasteiger charge is -2.20. The molecule has 0 heterocycles. The molecule has 2 nitrogen and oxygen atoms in total. The molecule has 12 heteroatoms. The van der Waals surface area contributed by atoms with E-state index in [9.17, 15) is 43.9 Å². The van der Waals surface area contributed by atoms with Crippen LogP contribution in [0.4, 0.5) is 43.9 Å². The van der Waals surface area contributed by atoms with Crippen molar-refractivity contribution in [3.8, 4) is 33.8 Å². The molecule has 0 spiro atoms. The van der Waals surface area contributed by atoms with Crippen LogP contribution in [-0.2, 0) is 12.5 Å². The minimum atomic E-state index is -4.86. The summed E-state index contributed by atoms with van der Waals surface area (Å²) < 4.78 is 147. The molecule has 4 rings (SSSR count). The number of hydrogen-bond acceptors (Lipinski definition) is 2. The summed E-state index contributed by atoms with van der Waals surface area (Å²) in [6.07, 6.45) is -8.45. The zero-order valence-electron chi connectivity index (χ0n) is 22.0. The van der Waals surface area contributed by atoms with Crippen LogP contribution in [0.1, 0.15) is 31.9 Å². The van der Waals surface area contributed by atoms with Crippen molar-refractivity contribution >= 4 is 0 Å². The van der Waals surface area contributed by atoms with Gasteiger partial charge in [0.1, 0.15) is 28.8 Å². The summed E-state index contributed by atoms with van der Waals surface area (Å²) in [7, 11) is 0. The lowest BCUT2D eigenvalue weighted by Crippen LogP contribution is -2.25. The normalized spacial score (nSPS) is 11.9. The second-order valence-electron chi connectivity index (χ2n) is 9.25. The monoisotopic (exact) mass is 630 g/mol. The third-order valence-corrected chi connectivity index (χ3v) is 6.10. The first-order valence-corrected chi connectivity index (χ1v) is 12.5. The van der Waals surface area contributed by atoms with Gasteiger partial charge in [-0.1, -0.05) is 57.2 Å². The van der Waals surface area contributed by atoms with Crippen LogP contribution in [-0.4, -0.2) is 6.18 Å². The Hall–Kier alpha value is -4.48. The van der Waals surface area contributed by atoms with Gasteiger partial charge in [0.25, 0.3) is 0 Å². The van der Waals surface area contributed by atoms with Crippen LogP contribution in [0.15, 0.2) is 79.1 Å². The van der Waals surface area contributed by atoms with Crippen molar-refractivity contribution < 1.29 is 53.4 Å². The molecule has 4 aromatic rings. The number of benzene rings is 4. The maximum absolute atomic E-state index is 15.0. The molecular weight excluding hydrogens is 606 g/mol. The predicted molar refractivity (Wildman–Crippen MR) is 145 cm³/mol.